The van der Waals surface area contributed by atoms with Crippen LogP contribution in [0.1, 0.15) is 17.4 Å². The molecule has 0 saturated heterocycles. The summed E-state index contributed by atoms with van der Waals surface area (Å²) in [6.07, 6.45) is -0.149. The van der Waals surface area contributed by atoms with Gasteiger partial charge in [-0.25, -0.2) is 0 Å². The summed E-state index contributed by atoms with van der Waals surface area (Å²) in [5.41, 5.74) is 3.34. The second-order valence-electron chi connectivity index (χ2n) is 4.61. The minimum Gasteiger partial charge on any atom is -0.454 e. The summed E-state index contributed by atoms with van der Waals surface area (Å²) in [6.45, 7) is 0.906. The highest BCUT2D eigenvalue weighted by Crippen LogP contribution is 2.37. The minimum absolute atomic E-state index is 0.149. The topological polar surface area (TPSA) is 39.7 Å². The van der Waals surface area contributed by atoms with E-state index in [-0.39, 0.29) is 6.23 Å². The first-order valence-corrected chi connectivity index (χ1v) is 6.26. The molecule has 2 aromatic rings. The Morgan fingerprint density at radius 1 is 1.00 bits per heavy atom. The van der Waals surface area contributed by atoms with Gasteiger partial charge < -0.3 is 19.5 Å². The van der Waals surface area contributed by atoms with E-state index < -0.39 is 0 Å². The Hall–Kier alpha value is -2.20. The first kappa shape index (κ1) is 10.7. The van der Waals surface area contributed by atoms with Crippen LogP contribution < -0.4 is 14.8 Å². The van der Waals surface area contributed by atoms with Crippen molar-refractivity contribution in [2.24, 2.45) is 0 Å². The van der Waals surface area contributed by atoms with E-state index in [4.69, 9.17) is 14.2 Å². The van der Waals surface area contributed by atoms with Gasteiger partial charge in [0.2, 0.25) is 6.79 Å². The molecule has 0 amide bonds. The van der Waals surface area contributed by atoms with Crippen LogP contribution in [0, 0.1) is 0 Å². The van der Waals surface area contributed by atoms with E-state index in [9.17, 15) is 0 Å². The zero-order chi connectivity index (χ0) is 12.7. The van der Waals surface area contributed by atoms with Crippen LogP contribution in [-0.2, 0) is 11.3 Å². The van der Waals surface area contributed by atoms with Crippen LogP contribution >= 0.6 is 0 Å². The van der Waals surface area contributed by atoms with Crippen molar-refractivity contribution >= 4 is 5.69 Å². The third-order valence-electron chi connectivity index (χ3n) is 3.41. The molecule has 1 atom stereocenters. The van der Waals surface area contributed by atoms with Gasteiger partial charge in [0.15, 0.2) is 17.7 Å². The van der Waals surface area contributed by atoms with Gasteiger partial charge in [-0.15, -0.1) is 0 Å². The molecule has 19 heavy (non-hydrogen) atoms. The highest BCUT2D eigenvalue weighted by Gasteiger charge is 2.22. The fraction of sp³-hybridized carbons (Fsp3) is 0.200. The number of para-hydroxylation sites is 1. The fourth-order valence-electron chi connectivity index (χ4n) is 2.40. The Morgan fingerprint density at radius 3 is 2.89 bits per heavy atom. The zero-order valence-electron chi connectivity index (χ0n) is 10.3. The number of hydrogen-bond acceptors (Lipinski definition) is 4. The molecule has 1 N–H and O–H groups in total. The maximum atomic E-state index is 5.84. The molecule has 0 aliphatic carbocycles. The summed E-state index contributed by atoms with van der Waals surface area (Å²) in [4.78, 5) is 0. The van der Waals surface area contributed by atoms with Crippen LogP contribution in [0.3, 0.4) is 0 Å². The van der Waals surface area contributed by atoms with Crippen molar-refractivity contribution in [3.63, 3.8) is 0 Å². The molecule has 4 heteroatoms. The molecule has 0 radical (unpaired) electrons. The number of nitrogens with one attached hydrogen (secondary N) is 1. The number of fused-ring (bicyclic) bond motifs is 2. The average molecular weight is 255 g/mol. The predicted octanol–water partition coefficient (Wildman–Crippen LogP) is 3.06. The van der Waals surface area contributed by atoms with Crippen molar-refractivity contribution in [3.05, 3.63) is 53.6 Å². The van der Waals surface area contributed by atoms with Crippen LogP contribution in [0.5, 0.6) is 11.5 Å². The summed E-state index contributed by atoms with van der Waals surface area (Å²) in [7, 11) is 0. The Kier molecular flexibility index (Phi) is 2.35. The van der Waals surface area contributed by atoms with Crippen LogP contribution in [0.4, 0.5) is 5.69 Å². The molecule has 2 aliphatic rings. The Bertz CT molecular complexity index is 627. The first-order chi connectivity index (χ1) is 9.40. The second kappa shape index (κ2) is 4.17. The predicted molar refractivity (Wildman–Crippen MR) is 70.2 cm³/mol. The lowest BCUT2D eigenvalue weighted by molar-refractivity contribution is 0.0506. The molecular formula is C15H13NO3. The monoisotopic (exact) mass is 255 g/mol. The van der Waals surface area contributed by atoms with Gasteiger partial charge in [0.25, 0.3) is 0 Å². The molecule has 0 bridgehead atoms. The van der Waals surface area contributed by atoms with E-state index in [0.717, 1.165) is 22.7 Å². The van der Waals surface area contributed by atoms with Crippen molar-refractivity contribution in [2.75, 3.05) is 12.1 Å². The van der Waals surface area contributed by atoms with Gasteiger partial charge in [-0.1, -0.05) is 24.3 Å². The second-order valence-corrected chi connectivity index (χ2v) is 4.61. The van der Waals surface area contributed by atoms with Crippen LogP contribution in [0.15, 0.2) is 42.5 Å². The zero-order valence-corrected chi connectivity index (χ0v) is 10.3. The SMILES string of the molecule is c1ccc2c(c1)COC(c1ccc3c(c1)OCO3)N2. The number of hydrogen-bond donors (Lipinski definition) is 1. The first-order valence-electron chi connectivity index (χ1n) is 6.26. The highest BCUT2D eigenvalue weighted by atomic mass is 16.7. The smallest absolute Gasteiger partial charge is 0.231 e. The number of anilines is 1. The molecule has 1 unspecified atom stereocenters. The average Bonchev–Trinajstić information content (AvgIpc) is 2.94. The fourth-order valence-corrected chi connectivity index (χ4v) is 2.40. The van der Waals surface area contributed by atoms with E-state index in [1.54, 1.807) is 0 Å². The molecule has 96 valence electrons. The quantitative estimate of drug-likeness (QED) is 0.850. The van der Waals surface area contributed by atoms with Crippen molar-refractivity contribution < 1.29 is 14.2 Å². The van der Waals surface area contributed by atoms with E-state index >= 15 is 0 Å². The van der Waals surface area contributed by atoms with Gasteiger partial charge >= 0.3 is 0 Å². The molecule has 2 heterocycles. The normalized spacial score (nSPS) is 19.7. The Morgan fingerprint density at radius 2 is 1.89 bits per heavy atom. The summed E-state index contributed by atoms with van der Waals surface area (Å²) in [5.74, 6) is 1.57. The van der Waals surface area contributed by atoms with E-state index in [2.05, 4.69) is 17.4 Å². The lowest BCUT2D eigenvalue weighted by atomic mass is 10.1. The Labute approximate surface area is 110 Å². The van der Waals surface area contributed by atoms with Gasteiger partial charge in [-0.3, -0.25) is 0 Å². The maximum absolute atomic E-state index is 5.84. The third-order valence-corrected chi connectivity index (χ3v) is 3.41. The van der Waals surface area contributed by atoms with Gasteiger partial charge in [0.1, 0.15) is 0 Å². The standard InChI is InChI=1S/C15H13NO3/c1-2-4-12-11(3-1)8-17-15(16-12)10-5-6-13-14(7-10)19-9-18-13/h1-7,15-16H,8-9H2. The van der Waals surface area contributed by atoms with E-state index in [0.29, 0.717) is 13.4 Å². The minimum atomic E-state index is -0.149. The number of rotatable bonds is 1. The molecule has 4 rings (SSSR count). The molecule has 2 aromatic carbocycles. The van der Waals surface area contributed by atoms with Crippen LogP contribution in [-0.4, -0.2) is 6.79 Å². The Balaban J connectivity index is 1.64. The van der Waals surface area contributed by atoms with Gasteiger partial charge in [0, 0.05) is 16.8 Å². The lowest BCUT2D eigenvalue weighted by Gasteiger charge is -2.27. The third kappa shape index (κ3) is 1.81. The molecule has 2 aliphatic heterocycles. The van der Waals surface area contributed by atoms with Crippen molar-refractivity contribution in [1.29, 1.82) is 0 Å². The number of benzene rings is 2. The van der Waals surface area contributed by atoms with Crippen LogP contribution in [0.25, 0.3) is 0 Å². The van der Waals surface area contributed by atoms with E-state index in [1.165, 1.54) is 5.56 Å². The lowest BCUT2D eigenvalue weighted by Crippen LogP contribution is -2.20. The molecule has 0 fully saturated rings. The van der Waals surface area contributed by atoms with Crippen molar-refractivity contribution in [3.8, 4) is 11.5 Å². The largest absolute Gasteiger partial charge is 0.454 e. The van der Waals surface area contributed by atoms with Crippen molar-refractivity contribution in [2.45, 2.75) is 12.8 Å². The molecule has 0 spiro atoms. The molecule has 0 saturated carbocycles. The summed E-state index contributed by atoms with van der Waals surface area (Å²) < 4.78 is 16.6. The molecule has 4 nitrogen and oxygen atoms in total. The summed E-state index contributed by atoms with van der Waals surface area (Å²) in [5, 5.41) is 3.39. The van der Waals surface area contributed by atoms with Crippen LogP contribution in [0.2, 0.25) is 0 Å². The van der Waals surface area contributed by atoms with E-state index in [1.807, 2.05) is 30.3 Å². The highest BCUT2D eigenvalue weighted by molar-refractivity contribution is 5.54. The molecular weight excluding hydrogens is 242 g/mol. The molecule has 0 aromatic heterocycles. The number of ether oxygens (including phenoxy) is 3. The van der Waals surface area contributed by atoms with Gasteiger partial charge in [-0.05, 0) is 18.2 Å². The van der Waals surface area contributed by atoms with Gasteiger partial charge in [-0.2, -0.15) is 0 Å². The maximum Gasteiger partial charge on any atom is 0.231 e. The summed E-state index contributed by atoms with van der Waals surface area (Å²) >= 11 is 0. The summed E-state index contributed by atoms with van der Waals surface area (Å²) in [6, 6.07) is 14.1. The van der Waals surface area contributed by atoms with Gasteiger partial charge in [0.05, 0.1) is 6.61 Å². The van der Waals surface area contributed by atoms with Crippen molar-refractivity contribution in [1.82, 2.24) is 0 Å².